The number of nitrogens with zero attached hydrogens (tertiary/aromatic N) is 3. The molecule has 41 heavy (non-hydrogen) atoms. The number of rotatable bonds is 4. The summed E-state index contributed by atoms with van der Waals surface area (Å²) < 4.78 is 0.832. The number of halogens is 2. The first-order valence-corrected chi connectivity index (χ1v) is 14.7. The Balaban J connectivity index is 1.63. The number of fused-ring (bicyclic) bond motifs is 3. The zero-order valence-electron chi connectivity index (χ0n) is 23.1. The molecule has 3 aromatic carbocycles. The maximum absolute atomic E-state index is 14.8. The molecule has 3 unspecified atom stereocenters. The van der Waals surface area contributed by atoms with Crippen molar-refractivity contribution in [2.24, 2.45) is 11.8 Å². The summed E-state index contributed by atoms with van der Waals surface area (Å²) >= 11 is 9.65. The fourth-order valence-electron chi connectivity index (χ4n) is 6.84. The predicted molar refractivity (Wildman–Crippen MR) is 159 cm³/mol. The maximum Gasteiger partial charge on any atom is 0.332 e. The normalized spacial score (nSPS) is 25.8. The third-order valence-electron chi connectivity index (χ3n) is 8.41. The van der Waals surface area contributed by atoms with Crippen molar-refractivity contribution in [1.29, 1.82) is 0 Å². The first kappa shape index (κ1) is 27.7. The lowest BCUT2D eigenvalue weighted by molar-refractivity contribution is -0.149. The van der Waals surface area contributed by atoms with Gasteiger partial charge in [0, 0.05) is 21.5 Å². The van der Waals surface area contributed by atoms with E-state index in [0.717, 1.165) is 15.6 Å². The Kier molecular flexibility index (Phi) is 6.43. The van der Waals surface area contributed by atoms with E-state index in [1.165, 1.54) is 14.7 Å². The number of imide groups is 2. The number of hydrogen-bond acceptors (Lipinski definition) is 4. The first-order chi connectivity index (χ1) is 19.4. The molecule has 0 radical (unpaired) electrons. The summed E-state index contributed by atoms with van der Waals surface area (Å²) in [6, 6.07) is 20.2. The van der Waals surface area contributed by atoms with Crippen LogP contribution < -0.4 is 4.90 Å². The van der Waals surface area contributed by atoms with Gasteiger partial charge >= 0.3 is 6.03 Å². The Morgan fingerprint density at radius 2 is 1.56 bits per heavy atom. The van der Waals surface area contributed by atoms with Gasteiger partial charge in [0.15, 0.2) is 0 Å². The maximum atomic E-state index is 14.8. The number of benzene rings is 3. The lowest BCUT2D eigenvalue weighted by Crippen LogP contribution is -2.57. The molecular formula is C32H29BrClN3O4. The van der Waals surface area contributed by atoms with Crippen LogP contribution in [-0.2, 0) is 20.8 Å². The fraction of sp³-hybridized carbons (Fsp3) is 0.312. The van der Waals surface area contributed by atoms with Gasteiger partial charge in [-0.3, -0.25) is 19.3 Å². The number of anilines is 1. The van der Waals surface area contributed by atoms with Gasteiger partial charge < -0.3 is 4.90 Å². The molecule has 7 nitrogen and oxygen atoms in total. The first-order valence-electron chi connectivity index (χ1n) is 13.5. The second-order valence-corrected chi connectivity index (χ2v) is 13.4. The summed E-state index contributed by atoms with van der Waals surface area (Å²) in [7, 11) is 0. The third-order valence-corrected chi connectivity index (χ3v) is 9.19. The predicted octanol–water partition coefficient (Wildman–Crippen LogP) is 6.32. The van der Waals surface area contributed by atoms with Gasteiger partial charge in [-0.25, -0.2) is 9.69 Å². The Bertz CT molecular complexity index is 1600. The second-order valence-electron chi connectivity index (χ2n) is 12.0. The molecule has 4 atom stereocenters. The van der Waals surface area contributed by atoms with E-state index in [0.29, 0.717) is 16.3 Å². The minimum atomic E-state index is -1.62. The van der Waals surface area contributed by atoms with Gasteiger partial charge in [0.2, 0.25) is 11.8 Å². The Labute approximate surface area is 252 Å². The van der Waals surface area contributed by atoms with E-state index in [1.807, 2.05) is 58.0 Å². The highest BCUT2D eigenvalue weighted by Crippen LogP contribution is 2.60. The lowest BCUT2D eigenvalue weighted by Gasteiger charge is -2.38. The van der Waals surface area contributed by atoms with Crippen molar-refractivity contribution >= 4 is 57.0 Å². The van der Waals surface area contributed by atoms with Gasteiger partial charge in [-0.2, -0.15) is 0 Å². The quantitative estimate of drug-likeness (QED) is 0.249. The summed E-state index contributed by atoms with van der Waals surface area (Å²) in [5.74, 6) is -3.28. The van der Waals surface area contributed by atoms with Crippen molar-refractivity contribution < 1.29 is 19.2 Å². The zero-order chi connectivity index (χ0) is 29.4. The number of carbonyl (C=O) groups excluding carboxylic acids is 4. The summed E-state index contributed by atoms with van der Waals surface area (Å²) in [5.41, 5.74) is 0.304. The highest BCUT2D eigenvalue weighted by Gasteiger charge is 2.77. The molecule has 9 heteroatoms. The molecule has 0 aromatic heterocycles. The molecule has 3 fully saturated rings. The Morgan fingerprint density at radius 1 is 0.902 bits per heavy atom. The molecule has 0 bridgehead atoms. The van der Waals surface area contributed by atoms with Gasteiger partial charge in [-0.05, 0) is 80.8 Å². The van der Waals surface area contributed by atoms with Crippen LogP contribution in [-0.4, -0.2) is 44.6 Å². The standard InChI is InChI=1S/C32H29BrClN3O4/c1-18-6-5-7-23(16-18)35-29(40)32(17-19-8-14-22(34)15-9-19)25-24(27(38)37(28(25)39)31(2,3)4)26(36(32)30(35)41)20-10-12-21(33)13-11-20/h5-16,24-26H,17H2,1-4H3/t24?,25?,26?,32-/m1/s1. The van der Waals surface area contributed by atoms with Crippen LogP contribution in [0.25, 0.3) is 0 Å². The van der Waals surface area contributed by atoms with Crippen LogP contribution in [0.1, 0.15) is 43.5 Å². The fourth-order valence-corrected chi connectivity index (χ4v) is 7.23. The molecule has 3 heterocycles. The van der Waals surface area contributed by atoms with E-state index in [9.17, 15) is 19.2 Å². The summed E-state index contributed by atoms with van der Waals surface area (Å²) in [5, 5.41) is 0.529. The highest BCUT2D eigenvalue weighted by atomic mass is 79.9. The minimum absolute atomic E-state index is 0.0578. The van der Waals surface area contributed by atoms with E-state index < -0.39 is 46.8 Å². The lowest BCUT2D eigenvalue weighted by atomic mass is 9.75. The van der Waals surface area contributed by atoms with Crippen molar-refractivity contribution in [2.45, 2.75) is 51.2 Å². The molecule has 3 aromatic rings. The number of aryl methyl sites for hydroxylation is 1. The number of amides is 5. The van der Waals surface area contributed by atoms with Gasteiger partial charge in [0.25, 0.3) is 5.91 Å². The molecule has 3 aliphatic heterocycles. The molecule has 6 rings (SSSR count). The van der Waals surface area contributed by atoms with Crippen molar-refractivity contribution in [3.63, 3.8) is 0 Å². The van der Waals surface area contributed by atoms with Gasteiger partial charge in [-0.1, -0.05) is 63.9 Å². The SMILES string of the molecule is Cc1cccc(N2C(=O)N3C(c4ccc(Br)cc4)C4C(=O)N(C(C)(C)C)C(=O)C4[C@]3(Cc3ccc(Cl)cc3)C2=O)c1. The second kappa shape index (κ2) is 9.53. The molecule has 210 valence electrons. The van der Waals surface area contributed by atoms with E-state index in [1.54, 1.807) is 42.5 Å². The third kappa shape index (κ3) is 4.06. The van der Waals surface area contributed by atoms with Crippen LogP contribution in [0.4, 0.5) is 10.5 Å². The number of carbonyl (C=O) groups is 4. The van der Waals surface area contributed by atoms with Crippen LogP contribution in [0, 0.1) is 18.8 Å². The average Bonchev–Trinajstić information content (AvgIpc) is 3.43. The van der Waals surface area contributed by atoms with Gasteiger partial charge in [-0.15, -0.1) is 0 Å². The topological polar surface area (TPSA) is 78.0 Å². The molecule has 0 saturated carbocycles. The molecule has 0 spiro atoms. The van der Waals surface area contributed by atoms with Gasteiger partial charge in [0.05, 0.1) is 23.6 Å². The summed E-state index contributed by atoms with van der Waals surface area (Å²) in [4.78, 5) is 61.9. The van der Waals surface area contributed by atoms with E-state index in [-0.39, 0.29) is 12.3 Å². The van der Waals surface area contributed by atoms with E-state index >= 15 is 0 Å². The van der Waals surface area contributed by atoms with E-state index in [2.05, 4.69) is 15.9 Å². The zero-order valence-corrected chi connectivity index (χ0v) is 25.4. The van der Waals surface area contributed by atoms with Crippen LogP contribution in [0.2, 0.25) is 5.02 Å². The smallest absolute Gasteiger partial charge is 0.300 e. The monoisotopic (exact) mass is 633 g/mol. The molecular weight excluding hydrogens is 606 g/mol. The van der Waals surface area contributed by atoms with Crippen LogP contribution >= 0.6 is 27.5 Å². The van der Waals surface area contributed by atoms with Crippen LogP contribution in [0.5, 0.6) is 0 Å². The number of likely N-dealkylation sites (tertiary alicyclic amines) is 1. The Morgan fingerprint density at radius 3 is 2.17 bits per heavy atom. The largest absolute Gasteiger partial charge is 0.332 e. The van der Waals surface area contributed by atoms with Gasteiger partial charge in [0.1, 0.15) is 5.54 Å². The average molecular weight is 635 g/mol. The van der Waals surface area contributed by atoms with Crippen LogP contribution in [0.3, 0.4) is 0 Å². The minimum Gasteiger partial charge on any atom is -0.300 e. The van der Waals surface area contributed by atoms with E-state index in [4.69, 9.17) is 11.6 Å². The number of hydrogen-bond donors (Lipinski definition) is 0. The van der Waals surface area contributed by atoms with Crippen molar-refractivity contribution in [3.8, 4) is 0 Å². The van der Waals surface area contributed by atoms with Crippen molar-refractivity contribution in [1.82, 2.24) is 9.80 Å². The summed E-state index contributed by atoms with van der Waals surface area (Å²) in [6.45, 7) is 7.31. The van der Waals surface area contributed by atoms with Crippen molar-refractivity contribution in [3.05, 3.63) is 99.0 Å². The highest BCUT2D eigenvalue weighted by molar-refractivity contribution is 9.10. The van der Waals surface area contributed by atoms with Crippen molar-refractivity contribution in [2.75, 3.05) is 4.90 Å². The molecule has 5 amide bonds. The molecule has 0 aliphatic carbocycles. The summed E-state index contributed by atoms with van der Waals surface area (Å²) in [6.07, 6.45) is 0.0578. The number of urea groups is 1. The Hall–Kier alpha value is -3.49. The molecule has 0 N–H and O–H groups in total. The van der Waals surface area contributed by atoms with Crippen LogP contribution in [0.15, 0.2) is 77.3 Å². The molecule has 3 aliphatic rings. The molecule has 3 saturated heterocycles.